The van der Waals surface area contributed by atoms with Crippen molar-refractivity contribution >= 4 is 33.3 Å². The third kappa shape index (κ3) is 2.06. The van der Waals surface area contributed by atoms with E-state index in [4.69, 9.17) is 22.3 Å². The van der Waals surface area contributed by atoms with Crippen LogP contribution in [0.2, 0.25) is 5.02 Å². The van der Waals surface area contributed by atoms with Crippen molar-refractivity contribution in [2.24, 2.45) is 0 Å². The number of hydrogen-bond donors (Lipinski definition) is 1. The number of nitrogens with zero attached hydrogens (tertiary/aromatic N) is 2. The molecule has 2 aliphatic rings. The van der Waals surface area contributed by atoms with Crippen LogP contribution in [-0.2, 0) is 0 Å². The van der Waals surface area contributed by atoms with Crippen molar-refractivity contribution < 1.29 is 0 Å². The molecule has 3 nitrogen and oxygen atoms in total. The van der Waals surface area contributed by atoms with Gasteiger partial charge in [0.1, 0.15) is 17.3 Å². The van der Waals surface area contributed by atoms with E-state index in [1.165, 1.54) is 31.5 Å². The van der Waals surface area contributed by atoms with Gasteiger partial charge in [-0.15, -0.1) is 0 Å². The van der Waals surface area contributed by atoms with Gasteiger partial charge in [-0.2, -0.15) is 0 Å². The molecule has 5 heteroatoms. The first-order valence-corrected chi connectivity index (χ1v) is 8.15. The highest BCUT2D eigenvalue weighted by molar-refractivity contribution is 9.10. The number of nitrogen functional groups attached to an aromatic ring is 1. The summed E-state index contributed by atoms with van der Waals surface area (Å²) in [5, 5.41) is 0.705. The van der Waals surface area contributed by atoms with Gasteiger partial charge in [0.25, 0.3) is 0 Å². The van der Waals surface area contributed by atoms with Gasteiger partial charge in [0.05, 0.1) is 5.02 Å². The molecule has 1 heterocycles. The molecule has 0 spiro atoms. The van der Waals surface area contributed by atoms with Gasteiger partial charge in [0.2, 0.25) is 0 Å². The highest BCUT2D eigenvalue weighted by Gasteiger charge is 2.36. The van der Waals surface area contributed by atoms with Crippen LogP contribution in [0, 0.1) is 0 Å². The number of anilines is 1. The predicted molar refractivity (Wildman–Crippen MR) is 85.0 cm³/mol. The van der Waals surface area contributed by atoms with Crippen LogP contribution < -0.4 is 5.73 Å². The molecule has 1 aromatic carbocycles. The summed E-state index contributed by atoms with van der Waals surface area (Å²) in [5.74, 6) is 2.61. The first-order valence-electron chi connectivity index (χ1n) is 6.98. The standard InChI is InChI=1S/C15H15BrClN3/c16-11-7-9(3-6-12(11)17)13-14(18)20(10-4-5-10)15(19-13)8-1-2-8/h3,6-8,10H,1-2,4-5,18H2. The fourth-order valence-electron chi connectivity index (χ4n) is 2.67. The fourth-order valence-corrected chi connectivity index (χ4v) is 3.16. The summed E-state index contributed by atoms with van der Waals surface area (Å²) in [7, 11) is 0. The second-order valence-corrected chi connectivity index (χ2v) is 6.97. The fraction of sp³-hybridized carbons (Fsp3) is 0.400. The van der Waals surface area contributed by atoms with Gasteiger partial charge in [0, 0.05) is 22.0 Å². The second-order valence-electron chi connectivity index (χ2n) is 5.71. The summed E-state index contributed by atoms with van der Waals surface area (Å²) in [4.78, 5) is 4.85. The van der Waals surface area contributed by atoms with Crippen LogP contribution in [0.4, 0.5) is 5.82 Å². The molecular formula is C15H15BrClN3. The maximum Gasteiger partial charge on any atom is 0.132 e. The average Bonchev–Trinajstić information content (AvgIpc) is 3.32. The molecule has 2 saturated carbocycles. The van der Waals surface area contributed by atoms with Crippen molar-refractivity contribution in [2.45, 2.75) is 37.6 Å². The molecule has 1 aromatic heterocycles. The molecule has 2 aliphatic carbocycles. The molecule has 0 aliphatic heterocycles. The van der Waals surface area contributed by atoms with Crippen molar-refractivity contribution in [1.82, 2.24) is 9.55 Å². The van der Waals surface area contributed by atoms with Gasteiger partial charge in [-0.1, -0.05) is 17.7 Å². The van der Waals surface area contributed by atoms with Crippen molar-refractivity contribution in [1.29, 1.82) is 0 Å². The van der Waals surface area contributed by atoms with E-state index >= 15 is 0 Å². The van der Waals surface area contributed by atoms with Gasteiger partial charge >= 0.3 is 0 Å². The molecule has 0 radical (unpaired) electrons. The molecule has 2 fully saturated rings. The Kier molecular flexibility index (Phi) is 2.86. The molecule has 0 atom stereocenters. The monoisotopic (exact) mass is 351 g/mol. The molecule has 2 N–H and O–H groups in total. The zero-order chi connectivity index (χ0) is 13.9. The lowest BCUT2D eigenvalue weighted by molar-refractivity contribution is 0.691. The van der Waals surface area contributed by atoms with Gasteiger partial charge in [-0.05, 0) is 53.7 Å². The highest BCUT2D eigenvalue weighted by Crippen LogP contribution is 2.48. The summed E-state index contributed by atoms with van der Waals surface area (Å²) in [6, 6.07) is 6.43. The largest absolute Gasteiger partial charge is 0.383 e. The third-order valence-electron chi connectivity index (χ3n) is 4.02. The lowest BCUT2D eigenvalue weighted by Gasteiger charge is -2.07. The minimum Gasteiger partial charge on any atom is -0.383 e. The second kappa shape index (κ2) is 4.50. The number of aromatic nitrogens is 2. The summed E-state index contributed by atoms with van der Waals surface area (Å²) in [5.41, 5.74) is 8.31. The third-order valence-corrected chi connectivity index (χ3v) is 5.24. The minimum atomic E-state index is 0.572. The Labute approximate surface area is 131 Å². The predicted octanol–water partition coefficient (Wildman–Crippen LogP) is 4.76. The molecule has 104 valence electrons. The molecule has 2 aromatic rings. The van der Waals surface area contributed by atoms with Crippen LogP contribution in [0.5, 0.6) is 0 Å². The summed E-state index contributed by atoms with van der Waals surface area (Å²) >= 11 is 9.53. The van der Waals surface area contributed by atoms with Crippen LogP contribution in [0.25, 0.3) is 11.3 Å². The Hall–Kier alpha value is -1.00. The van der Waals surface area contributed by atoms with E-state index in [9.17, 15) is 0 Å². The topological polar surface area (TPSA) is 43.8 Å². The van der Waals surface area contributed by atoms with E-state index in [-0.39, 0.29) is 0 Å². The van der Waals surface area contributed by atoms with Crippen molar-refractivity contribution in [2.75, 3.05) is 5.73 Å². The number of hydrogen-bond acceptors (Lipinski definition) is 2. The summed E-state index contributed by atoms with van der Waals surface area (Å²) < 4.78 is 3.15. The number of imidazole rings is 1. The molecule has 0 amide bonds. The molecule has 0 bridgehead atoms. The highest BCUT2D eigenvalue weighted by atomic mass is 79.9. The number of halogens is 2. The zero-order valence-corrected chi connectivity index (χ0v) is 13.3. The van der Waals surface area contributed by atoms with Gasteiger partial charge < -0.3 is 10.3 Å². The first-order chi connectivity index (χ1) is 9.65. The quantitative estimate of drug-likeness (QED) is 0.865. The first kappa shape index (κ1) is 12.7. The Balaban J connectivity index is 1.84. The maximum absolute atomic E-state index is 6.38. The van der Waals surface area contributed by atoms with E-state index in [1.807, 2.05) is 18.2 Å². The van der Waals surface area contributed by atoms with Gasteiger partial charge in [-0.3, -0.25) is 0 Å². The molecule has 0 unspecified atom stereocenters. The lowest BCUT2D eigenvalue weighted by Crippen LogP contribution is -2.04. The Bertz CT molecular complexity index is 687. The molecule has 0 saturated heterocycles. The van der Waals surface area contributed by atoms with E-state index in [1.54, 1.807) is 0 Å². The van der Waals surface area contributed by atoms with Crippen molar-refractivity contribution in [3.05, 3.63) is 33.5 Å². The Morgan fingerprint density at radius 3 is 2.60 bits per heavy atom. The summed E-state index contributed by atoms with van der Waals surface area (Å²) in [6.07, 6.45) is 4.94. The molecule has 20 heavy (non-hydrogen) atoms. The van der Waals surface area contributed by atoms with Crippen molar-refractivity contribution in [3.8, 4) is 11.3 Å². The molecule has 4 rings (SSSR count). The van der Waals surface area contributed by atoms with E-state index < -0.39 is 0 Å². The smallest absolute Gasteiger partial charge is 0.132 e. The normalized spacial score (nSPS) is 18.5. The number of rotatable bonds is 3. The van der Waals surface area contributed by atoms with E-state index in [0.717, 1.165) is 21.5 Å². The average molecular weight is 353 g/mol. The van der Waals surface area contributed by atoms with Crippen LogP contribution in [0.3, 0.4) is 0 Å². The van der Waals surface area contributed by atoms with E-state index in [2.05, 4.69) is 20.5 Å². The lowest BCUT2D eigenvalue weighted by atomic mass is 10.1. The van der Waals surface area contributed by atoms with Gasteiger partial charge in [-0.25, -0.2) is 4.98 Å². The van der Waals surface area contributed by atoms with Crippen LogP contribution in [0.15, 0.2) is 22.7 Å². The summed E-state index contributed by atoms with van der Waals surface area (Å²) in [6.45, 7) is 0. The Morgan fingerprint density at radius 1 is 1.25 bits per heavy atom. The maximum atomic E-state index is 6.38. The van der Waals surface area contributed by atoms with Crippen LogP contribution in [0.1, 0.15) is 43.5 Å². The minimum absolute atomic E-state index is 0.572. The van der Waals surface area contributed by atoms with Crippen LogP contribution >= 0.6 is 27.5 Å². The zero-order valence-electron chi connectivity index (χ0n) is 10.9. The van der Waals surface area contributed by atoms with Crippen molar-refractivity contribution in [3.63, 3.8) is 0 Å². The number of benzene rings is 1. The molecular weight excluding hydrogens is 338 g/mol. The van der Waals surface area contributed by atoms with Crippen LogP contribution in [-0.4, -0.2) is 9.55 Å². The van der Waals surface area contributed by atoms with E-state index in [0.29, 0.717) is 17.0 Å². The van der Waals surface area contributed by atoms with Gasteiger partial charge in [0.15, 0.2) is 0 Å². The number of nitrogens with two attached hydrogens (primary N) is 1. The SMILES string of the molecule is Nc1c(-c2ccc(Cl)c(Br)c2)nc(C2CC2)n1C1CC1. The Morgan fingerprint density at radius 2 is 2.00 bits per heavy atom.